The molecule has 1 aliphatic heterocycles. The minimum Gasteiger partial charge on any atom is -0.489 e. The zero-order chi connectivity index (χ0) is 13.9. The third kappa shape index (κ3) is 3.11. The Hall–Kier alpha value is -0.770. The molecule has 4 heteroatoms. The third-order valence-corrected chi connectivity index (χ3v) is 4.88. The molecule has 2 aliphatic rings. The molecule has 1 aromatic carbocycles. The van der Waals surface area contributed by atoms with E-state index in [2.05, 4.69) is 11.0 Å². The number of hydrogen-bond acceptors (Lipinski definition) is 3. The Morgan fingerprint density at radius 3 is 2.70 bits per heavy atom. The van der Waals surface area contributed by atoms with E-state index in [1.807, 2.05) is 12.1 Å². The molecule has 0 amide bonds. The minimum absolute atomic E-state index is 0.295. The van der Waals surface area contributed by atoms with Gasteiger partial charge in [-0.3, -0.25) is 4.90 Å². The monoisotopic (exact) mass is 294 g/mol. The fourth-order valence-electron chi connectivity index (χ4n) is 3.09. The maximum Gasteiger partial charge on any atom is 0.138 e. The number of benzene rings is 1. The molecule has 3 rings (SSSR count). The van der Waals surface area contributed by atoms with Crippen molar-refractivity contribution in [3.8, 4) is 5.75 Å². The molecular weight excluding hydrogens is 272 g/mol. The van der Waals surface area contributed by atoms with Gasteiger partial charge in [-0.1, -0.05) is 23.7 Å². The second kappa shape index (κ2) is 6.33. The third-order valence-electron chi connectivity index (χ3n) is 4.46. The normalized spacial score (nSPS) is 26.5. The van der Waals surface area contributed by atoms with Crippen molar-refractivity contribution in [3.63, 3.8) is 0 Å². The van der Waals surface area contributed by atoms with Crippen molar-refractivity contribution in [2.45, 2.75) is 38.3 Å². The van der Waals surface area contributed by atoms with Crippen LogP contribution in [0.1, 0.15) is 31.2 Å². The Bertz CT molecular complexity index is 454. The van der Waals surface area contributed by atoms with Gasteiger partial charge in [-0.25, -0.2) is 0 Å². The smallest absolute Gasteiger partial charge is 0.138 e. The summed E-state index contributed by atoms with van der Waals surface area (Å²) in [4.78, 5) is 2.46. The zero-order valence-corrected chi connectivity index (χ0v) is 12.6. The molecule has 0 radical (unpaired) electrons. The summed E-state index contributed by atoms with van der Waals surface area (Å²) in [6.07, 6.45) is 5.02. The van der Waals surface area contributed by atoms with Gasteiger partial charge >= 0.3 is 0 Å². The van der Waals surface area contributed by atoms with E-state index in [0.29, 0.717) is 12.0 Å². The summed E-state index contributed by atoms with van der Waals surface area (Å²) in [6.45, 7) is 4.07. The second-order valence-corrected chi connectivity index (χ2v) is 6.40. The van der Waals surface area contributed by atoms with Crippen molar-refractivity contribution < 1.29 is 4.74 Å². The number of ether oxygens (including phenoxy) is 1. The highest BCUT2D eigenvalue weighted by molar-refractivity contribution is 6.32. The number of hydrogen-bond donors (Lipinski definition) is 1. The molecule has 0 aromatic heterocycles. The van der Waals surface area contributed by atoms with Crippen LogP contribution in [0.5, 0.6) is 5.75 Å². The van der Waals surface area contributed by atoms with Crippen molar-refractivity contribution in [1.29, 1.82) is 0 Å². The Kier molecular flexibility index (Phi) is 4.49. The van der Waals surface area contributed by atoms with Crippen LogP contribution in [0.4, 0.5) is 0 Å². The van der Waals surface area contributed by atoms with Crippen LogP contribution in [-0.4, -0.2) is 30.6 Å². The predicted octanol–water partition coefficient (Wildman–Crippen LogP) is 3.05. The molecular formula is C16H23ClN2O. The Labute approximate surface area is 126 Å². The quantitative estimate of drug-likeness (QED) is 0.907. The van der Waals surface area contributed by atoms with Gasteiger partial charge in [0.2, 0.25) is 0 Å². The number of halogens is 1. The van der Waals surface area contributed by atoms with Gasteiger partial charge in [0.1, 0.15) is 5.75 Å². The molecule has 1 saturated heterocycles. The lowest BCUT2D eigenvalue weighted by molar-refractivity contribution is 0.0690. The number of nitrogens with zero attached hydrogens (tertiary/aromatic N) is 1. The SMILES string of the molecule is NCC1CC(Oc2cccc(CN3CCCC3)c2Cl)C1. The molecule has 20 heavy (non-hydrogen) atoms. The van der Waals surface area contributed by atoms with Crippen LogP contribution in [0.25, 0.3) is 0 Å². The highest BCUT2D eigenvalue weighted by Crippen LogP contribution is 2.35. The molecule has 110 valence electrons. The molecule has 1 aromatic rings. The van der Waals surface area contributed by atoms with E-state index in [4.69, 9.17) is 22.1 Å². The minimum atomic E-state index is 0.295. The summed E-state index contributed by atoms with van der Waals surface area (Å²) in [6, 6.07) is 6.13. The number of likely N-dealkylation sites (tertiary alicyclic amines) is 1. The first-order valence-electron chi connectivity index (χ1n) is 7.62. The fraction of sp³-hybridized carbons (Fsp3) is 0.625. The van der Waals surface area contributed by atoms with Gasteiger partial charge in [0.15, 0.2) is 0 Å². The molecule has 1 saturated carbocycles. The van der Waals surface area contributed by atoms with E-state index in [-0.39, 0.29) is 0 Å². The predicted molar refractivity (Wildman–Crippen MR) is 82.2 cm³/mol. The molecule has 0 bridgehead atoms. The van der Waals surface area contributed by atoms with Crippen LogP contribution in [0.3, 0.4) is 0 Å². The lowest BCUT2D eigenvalue weighted by Gasteiger charge is -2.34. The zero-order valence-electron chi connectivity index (χ0n) is 11.9. The van der Waals surface area contributed by atoms with Gasteiger partial charge < -0.3 is 10.5 Å². The molecule has 1 aliphatic carbocycles. The summed E-state index contributed by atoms with van der Waals surface area (Å²) >= 11 is 6.51. The Balaban J connectivity index is 1.63. The van der Waals surface area contributed by atoms with Gasteiger partial charge in [-0.2, -0.15) is 0 Å². The maximum absolute atomic E-state index is 6.51. The largest absolute Gasteiger partial charge is 0.489 e. The summed E-state index contributed by atoms with van der Waals surface area (Å²) in [7, 11) is 0. The van der Waals surface area contributed by atoms with Gasteiger partial charge in [0.25, 0.3) is 0 Å². The summed E-state index contributed by atoms with van der Waals surface area (Å²) < 4.78 is 6.01. The first-order chi connectivity index (χ1) is 9.76. The number of rotatable bonds is 5. The van der Waals surface area contributed by atoms with Crippen molar-refractivity contribution >= 4 is 11.6 Å². The fourth-order valence-corrected chi connectivity index (χ4v) is 3.32. The van der Waals surface area contributed by atoms with E-state index < -0.39 is 0 Å². The highest BCUT2D eigenvalue weighted by Gasteiger charge is 2.30. The van der Waals surface area contributed by atoms with Crippen LogP contribution in [0.2, 0.25) is 5.02 Å². The van der Waals surface area contributed by atoms with Crippen LogP contribution in [0.15, 0.2) is 18.2 Å². The van der Waals surface area contributed by atoms with E-state index in [0.717, 1.165) is 36.7 Å². The standard InChI is InChI=1S/C16H23ClN2O/c17-16-13(11-19-6-1-2-7-19)4-3-5-15(16)20-14-8-12(9-14)10-18/h3-5,12,14H,1-2,6-11,18H2. The molecule has 0 unspecified atom stereocenters. The van der Waals surface area contributed by atoms with E-state index >= 15 is 0 Å². The Morgan fingerprint density at radius 2 is 2.00 bits per heavy atom. The molecule has 1 heterocycles. The highest BCUT2D eigenvalue weighted by atomic mass is 35.5. The summed E-state index contributed by atoms with van der Waals surface area (Å²) in [5.74, 6) is 1.47. The van der Waals surface area contributed by atoms with Gasteiger partial charge in [-0.15, -0.1) is 0 Å². The van der Waals surface area contributed by atoms with Crippen LogP contribution < -0.4 is 10.5 Å². The van der Waals surface area contributed by atoms with Gasteiger partial charge in [-0.05, 0) is 62.9 Å². The molecule has 0 atom stereocenters. The first-order valence-corrected chi connectivity index (χ1v) is 8.00. The second-order valence-electron chi connectivity index (χ2n) is 6.03. The van der Waals surface area contributed by atoms with Crippen molar-refractivity contribution in [3.05, 3.63) is 28.8 Å². The van der Waals surface area contributed by atoms with Gasteiger partial charge in [0, 0.05) is 6.54 Å². The van der Waals surface area contributed by atoms with Crippen LogP contribution in [-0.2, 0) is 6.54 Å². The molecule has 2 N–H and O–H groups in total. The van der Waals surface area contributed by atoms with Crippen molar-refractivity contribution in [2.24, 2.45) is 11.7 Å². The average molecular weight is 295 g/mol. The van der Waals surface area contributed by atoms with Gasteiger partial charge in [0.05, 0.1) is 11.1 Å². The molecule has 2 fully saturated rings. The average Bonchev–Trinajstić information content (AvgIpc) is 2.90. The lowest BCUT2D eigenvalue weighted by Crippen LogP contribution is -2.37. The van der Waals surface area contributed by atoms with Crippen molar-refractivity contribution in [2.75, 3.05) is 19.6 Å². The Morgan fingerprint density at radius 1 is 1.25 bits per heavy atom. The topological polar surface area (TPSA) is 38.5 Å². The summed E-state index contributed by atoms with van der Waals surface area (Å²) in [5, 5.41) is 0.788. The maximum atomic E-state index is 6.51. The van der Waals surface area contributed by atoms with E-state index in [9.17, 15) is 0 Å². The lowest BCUT2D eigenvalue weighted by atomic mass is 9.82. The van der Waals surface area contributed by atoms with E-state index in [1.54, 1.807) is 0 Å². The van der Waals surface area contributed by atoms with Crippen LogP contribution in [0, 0.1) is 5.92 Å². The summed E-state index contributed by atoms with van der Waals surface area (Å²) in [5.41, 5.74) is 6.83. The van der Waals surface area contributed by atoms with Crippen LogP contribution >= 0.6 is 11.6 Å². The molecule has 0 spiro atoms. The molecule has 3 nitrogen and oxygen atoms in total. The first kappa shape index (κ1) is 14.2. The van der Waals surface area contributed by atoms with Crippen molar-refractivity contribution in [1.82, 2.24) is 4.90 Å². The number of nitrogens with two attached hydrogens (primary N) is 1. The van der Waals surface area contributed by atoms with E-state index in [1.165, 1.54) is 31.5 Å².